The molecule has 1 aromatic rings. The van der Waals surface area contributed by atoms with E-state index in [0.29, 0.717) is 13.1 Å². The van der Waals surface area contributed by atoms with Gasteiger partial charge in [-0.3, -0.25) is 0 Å². The second-order valence-corrected chi connectivity index (χ2v) is 7.23. The Kier molecular flexibility index (Phi) is 6.19. The number of likely N-dealkylation sites (tertiary alicyclic amines) is 1. The Hall–Kier alpha value is -2.91. The molecule has 0 unspecified atom stereocenters. The third-order valence-corrected chi connectivity index (χ3v) is 3.88. The molecule has 27 heavy (non-hydrogen) atoms. The van der Waals surface area contributed by atoms with E-state index < -0.39 is 28.4 Å². The van der Waals surface area contributed by atoms with Crippen molar-refractivity contribution in [2.45, 2.75) is 45.3 Å². The highest BCUT2D eigenvalue weighted by Gasteiger charge is 2.29. The summed E-state index contributed by atoms with van der Waals surface area (Å²) in [6, 6.07) is 2.58. The molecular formula is C17H24N4O6. The molecule has 2 rings (SSSR count). The first-order valence-electron chi connectivity index (χ1n) is 8.59. The number of nitrogens with zero attached hydrogens (tertiary/aromatic N) is 3. The van der Waals surface area contributed by atoms with Crippen molar-refractivity contribution in [2.24, 2.45) is 0 Å². The Balaban J connectivity index is 2.13. The number of rotatable bonds is 4. The summed E-state index contributed by atoms with van der Waals surface area (Å²) in [6.07, 6.45) is 1.05. The van der Waals surface area contributed by atoms with Gasteiger partial charge in [0.2, 0.25) is 0 Å². The predicted molar refractivity (Wildman–Crippen MR) is 96.7 cm³/mol. The lowest BCUT2D eigenvalue weighted by atomic mass is 10.1. The number of piperidine rings is 1. The van der Waals surface area contributed by atoms with Crippen LogP contribution in [0.15, 0.2) is 12.1 Å². The minimum Gasteiger partial charge on any atom is -0.463 e. The van der Waals surface area contributed by atoms with Crippen molar-refractivity contribution < 1.29 is 24.0 Å². The van der Waals surface area contributed by atoms with Gasteiger partial charge in [0.15, 0.2) is 0 Å². The van der Waals surface area contributed by atoms with Gasteiger partial charge in [-0.1, -0.05) is 0 Å². The summed E-state index contributed by atoms with van der Waals surface area (Å²) in [4.78, 5) is 39.8. The molecule has 2 heterocycles. The first-order valence-corrected chi connectivity index (χ1v) is 8.59. The van der Waals surface area contributed by atoms with E-state index in [1.54, 1.807) is 25.7 Å². The lowest BCUT2D eigenvalue weighted by Gasteiger charge is -2.34. The molecule has 0 bridgehead atoms. The standard InChI is InChI=1S/C17H24N4O6/c1-17(2,3)27-16(23)20-9-5-6-11(10-20)18-12-7-8-13(15(22)26-4)19-14(12)21(24)25/h7-8,11,18H,5-6,9-10H2,1-4H3/t11-/m1/s1. The van der Waals surface area contributed by atoms with Crippen molar-refractivity contribution in [3.05, 3.63) is 27.9 Å². The summed E-state index contributed by atoms with van der Waals surface area (Å²) < 4.78 is 9.92. The van der Waals surface area contributed by atoms with Gasteiger partial charge in [0.05, 0.1) is 7.11 Å². The molecule has 0 aliphatic carbocycles. The third kappa shape index (κ3) is 5.53. The molecule has 0 aromatic carbocycles. The summed E-state index contributed by atoms with van der Waals surface area (Å²) in [5, 5.41) is 14.4. The molecule has 1 fully saturated rings. The van der Waals surface area contributed by atoms with Crippen LogP contribution in [-0.2, 0) is 9.47 Å². The molecule has 0 spiro atoms. The topological polar surface area (TPSA) is 124 Å². The maximum atomic E-state index is 12.2. The van der Waals surface area contributed by atoms with Crippen molar-refractivity contribution in [3.8, 4) is 0 Å². The third-order valence-electron chi connectivity index (χ3n) is 3.88. The molecule has 1 aliphatic rings. The number of pyridine rings is 1. The Morgan fingerprint density at radius 3 is 2.67 bits per heavy atom. The molecule has 1 saturated heterocycles. The van der Waals surface area contributed by atoms with Crippen LogP contribution >= 0.6 is 0 Å². The number of nitrogens with one attached hydrogen (secondary N) is 1. The van der Waals surface area contributed by atoms with E-state index in [0.717, 1.165) is 12.8 Å². The SMILES string of the molecule is COC(=O)c1ccc(N[C@@H]2CCCN(C(=O)OC(C)(C)C)C2)c([N+](=O)[O-])n1. The summed E-state index contributed by atoms with van der Waals surface area (Å²) in [6.45, 7) is 6.30. The Morgan fingerprint density at radius 1 is 1.37 bits per heavy atom. The van der Waals surface area contributed by atoms with Crippen LogP contribution in [0.1, 0.15) is 44.1 Å². The molecule has 0 radical (unpaired) electrons. The van der Waals surface area contributed by atoms with E-state index in [1.807, 2.05) is 0 Å². The van der Waals surface area contributed by atoms with Crippen molar-refractivity contribution in [3.63, 3.8) is 0 Å². The second-order valence-electron chi connectivity index (χ2n) is 7.23. The molecule has 1 aromatic heterocycles. The van der Waals surface area contributed by atoms with Crippen molar-refractivity contribution in [2.75, 3.05) is 25.5 Å². The Labute approximate surface area is 157 Å². The fraction of sp³-hybridized carbons (Fsp3) is 0.588. The number of aromatic nitrogens is 1. The minimum absolute atomic E-state index is 0.145. The highest BCUT2D eigenvalue weighted by atomic mass is 16.6. The molecule has 1 atom stereocenters. The van der Waals surface area contributed by atoms with Gasteiger partial charge in [-0.05, 0) is 55.7 Å². The monoisotopic (exact) mass is 380 g/mol. The van der Waals surface area contributed by atoms with E-state index in [4.69, 9.17) is 4.74 Å². The van der Waals surface area contributed by atoms with Crippen LogP contribution in [0.5, 0.6) is 0 Å². The lowest BCUT2D eigenvalue weighted by Crippen LogP contribution is -2.47. The number of methoxy groups -OCH3 is 1. The highest BCUT2D eigenvalue weighted by Crippen LogP contribution is 2.25. The molecular weight excluding hydrogens is 356 g/mol. The number of esters is 1. The van der Waals surface area contributed by atoms with E-state index in [1.165, 1.54) is 19.2 Å². The number of hydrogen-bond acceptors (Lipinski definition) is 8. The van der Waals surface area contributed by atoms with Crippen molar-refractivity contribution >= 4 is 23.6 Å². The van der Waals surface area contributed by atoms with E-state index >= 15 is 0 Å². The Bertz CT molecular complexity index is 731. The van der Waals surface area contributed by atoms with Crippen molar-refractivity contribution in [1.29, 1.82) is 0 Å². The first kappa shape index (κ1) is 20.4. The molecule has 0 saturated carbocycles. The molecule has 10 nitrogen and oxygen atoms in total. The lowest BCUT2D eigenvalue weighted by molar-refractivity contribution is -0.388. The predicted octanol–water partition coefficient (Wildman–Crippen LogP) is 2.59. The maximum Gasteiger partial charge on any atom is 0.410 e. The zero-order chi connectivity index (χ0) is 20.2. The maximum absolute atomic E-state index is 12.2. The second kappa shape index (κ2) is 8.19. The summed E-state index contributed by atoms with van der Waals surface area (Å²) in [7, 11) is 1.18. The number of carbonyl (C=O) groups excluding carboxylic acids is 2. The van der Waals surface area contributed by atoms with Gasteiger partial charge < -0.3 is 29.8 Å². The average molecular weight is 380 g/mol. The van der Waals surface area contributed by atoms with Crippen LogP contribution in [0.2, 0.25) is 0 Å². The van der Waals surface area contributed by atoms with Crippen LogP contribution in [-0.4, -0.2) is 58.7 Å². The van der Waals surface area contributed by atoms with E-state index in [-0.39, 0.29) is 17.4 Å². The van der Waals surface area contributed by atoms with Gasteiger partial charge in [-0.25, -0.2) is 9.59 Å². The molecule has 1 amide bonds. The van der Waals surface area contributed by atoms with E-state index in [2.05, 4.69) is 15.0 Å². The number of ether oxygens (including phenoxy) is 2. The van der Waals surface area contributed by atoms with Crippen LogP contribution in [0.25, 0.3) is 0 Å². The molecule has 10 heteroatoms. The molecule has 148 valence electrons. The zero-order valence-corrected chi connectivity index (χ0v) is 15.9. The first-order chi connectivity index (χ1) is 12.6. The Morgan fingerprint density at radius 2 is 2.07 bits per heavy atom. The van der Waals surface area contributed by atoms with E-state index in [9.17, 15) is 19.7 Å². The highest BCUT2D eigenvalue weighted by molar-refractivity contribution is 5.88. The van der Waals surface area contributed by atoms with Gasteiger partial charge in [0.1, 0.15) is 11.3 Å². The largest absolute Gasteiger partial charge is 0.463 e. The quantitative estimate of drug-likeness (QED) is 0.480. The van der Waals surface area contributed by atoms with Crippen LogP contribution in [0.4, 0.5) is 16.3 Å². The number of nitro groups is 1. The number of hydrogen-bond donors (Lipinski definition) is 1. The van der Waals surface area contributed by atoms with Crippen LogP contribution in [0.3, 0.4) is 0 Å². The fourth-order valence-corrected chi connectivity index (χ4v) is 2.73. The summed E-state index contributed by atoms with van der Waals surface area (Å²) >= 11 is 0. The van der Waals surface area contributed by atoms with Gasteiger partial charge >= 0.3 is 17.9 Å². The minimum atomic E-state index is -0.751. The van der Waals surface area contributed by atoms with Crippen LogP contribution < -0.4 is 5.32 Å². The zero-order valence-electron chi connectivity index (χ0n) is 15.9. The number of anilines is 1. The smallest absolute Gasteiger partial charge is 0.410 e. The number of carbonyl (C=O) groups is 2. The van der Waals surface area contributed by atoms with Crippen LogP contribution in [0, 0.1) is 10.1 Å². The van der Waals surface area contributed by atoms with Gasteiger partial charge in [-0.2, -0.15) is 0 Å². The van der Waals surface area contributed by atoms with Crippen molar-refractivity contribution in [1.82, 2.24) is 9.88 Å². The molecule has 1 N–H and O–H groups in total. The number of amides is 1. The van der Waals surface area contributed by atoms with Gasteiger partial charge in [0.25, 0.3) is 5.69 Å². The fourth-order valence-electron chi connectivity index (χ4n) is 2.73. The summed E-state index contributed by atoms with van der Waals surface area (Å²) in [5.74, 6) is -1.22. The normalized spacial score (nSPS) is 17.2. The molecule has 1 aliphatic heterocycles. The van der Waals surface area contributed by atoms with Gasteiger partial charge in [-0.15, -0.1) is 0 Å². The summed E-state index contributed by atoms with van der Waals surface area (Å²) in [5.41, 5.74) is -0.554. The van der Waals surface area contributed by atoms with Gasteiger partial charge in [0, 0.05) is 19.1 Å². The average Bonchev–Trinajstić information content (AvgIpc) is 2.60.